The predicted molar refractivity (Wildman–Crippen MR) is 96.7 cm³/mol. The fourth-order valence-corrected chi connectivity index (χ4v) is 2.64. The second-order valence-corrected chi connectivity index (χ2v) is 6.61. The van der Waals surface area contributed by atoms with Crippen LogP contribution in [0.4, 0.5) is 10.1 Å². The molecule has 2 aromatic rings. The second-order valence-electron chi connectivity index (χ2n) is 6.61. The molecule has 0 heterocycles. The van der Waals surface area contributed by atoms with Crippen LogP contribution in [0.3, 0.4) is 0 Å². The van der Waals surface area contributed by atoms with Gasteiger partial charge in [0, 0.05) is 18.2 Å². The summed E-state index contributed by atoms with van der Waals surface area (Å²) in [6.45, 7) is 6.68. The van der Waals surface area contributed by atoms with E-state index >= 15 is 0 Å². The van der Waals surface area contributed by atoms with Crippen LogP contribution in [0.1, 0.15) is 44.9 Å². The molecule has 2 rings (SSSR count). The molecule has 0 saturated carbocycles. The molecule has 25 heavy (non-hydrogen) atoms. The van der Waals surface area contributed by atoms with E-state index in [1.165, 1.54) is 13.0 Å². The van der Waals surface area contributed by atoms with Crippen LogP contribution in [0.5, 0.6) is 0 Å². The van der Waals surface area contributed by atoms with E-state index in [9.17, 15) is 14.0 Å². The van der Waals surface area contributed by atoms with Gasteiger partial charge in [0.25, 0.3) is 0 Å². The summed E-state index contributed by atoms with van der Waals surface area (Å²) < 4.78 is 14.1. The Morgan fingerprint density at radius 1 is 1.08 bits per heavy atom. The van der Waals surface area contributed by atoms with Crippen LogP contribution in [-0.2, 0) is 15.0 Å². The quantitative estimate of drug-likeness (QED) is 0.865. The summed E-state index contributed by atoms with van der Waals surface area (Å²) in [6.07, 6.45) is 0. The van der Waals surface area contributed by atoms with Crippen LogP contribution in [0.2, 0.25) is 0 Å². The number of amides is 2. The largest absolute Gasteiger partial charge is 0.349 e. The van der Waals surface area contributed by atoms with Gasteiger partial charge in [0.1, 0.15) is 5.82 Å². The first-order valence-corrected chi connectivity index (χ1v) is 8.15. The minimum absolute atomic E-state index is 0.158. The maximum atomic E-state index is 14.1. The number of halogens is 1. The summed E-state index contributed by atoms with van der Waals surface area (Å²) >= 11 is 0. The maximum Gasteiger partial charge on any atom is 0.230 e. The summed E-state index contributed by atoms with van der Waals surface area (Å²) in [5, 5.41) is 5.64. The Labute approximate surface area is 147 Å². The third-order valence-electron chi connectivity index (χ3n) is 4.17. The van der Waals surface area contributed by atoms with Gasteiger partial charge in [-0.15, -0.1) is 0 Å². The third kappa shape index (κ3) is 4.44. The molecule has 0 unspecified atom stereocenters. The van der Waals surface area contributed by atoms with Gasteiger partial charge >= 0.3 is 0 Å². The van der Waals surface area contributed by atoms with Gasteiger partial charge in [0.05, 0.1) is 11.5 Å². The van der Waals surface area contributed by atoms with Crippen molar-refractivity contribution in [1.29, 1.82) is 0 Å². The number of hydrogen-bond acceptors (Lipinski definition) is 2. The van der Waals surface area contributed by atoms with E-state index in [2.05, 4.69) is 10.6 Å². The lowest BCUT2D eigenvalue weighted by molar-refractivity contribution is -0.126. The molecule has 0 fully saturated rings. The normalized spacial score (nSPS) is 12.4. The van der Waals surface area contributed by atoms with Crippen LogP contribution in [-0.4, -0.2) is 11.8 Å². The minimum Gasteiger partial charge on any atom is -0.349 e. The molecule has 0 aliphatic rings. The fourth-order valence-electron chi connectivity index (χ4n) is 2.64. The zero-order chi connectivity index (χ0) is 18.6. The van der Waals surface area contributed by atoms with Crippen LogP contribution in [0.15, 0.2) is 48.5 Å². The first-order chi connectivity index (χ1) is 11.7. The van der Waals surface area contributed by atoms with Crippen LogP contribution in [0.25, 0.3) is 0 Å². The first-order valence-electron chi connectivity index (χ1n) is 8.15. The van der Waals surface area contributed by atoms with E-state index < -0.39 is 11.2 Å². The number of carbonyl (C=O) groups is 2. The monoisotopic (exact) mass is 342 g/mol. The van der Waals surface area contributed by atoms with Crippen molar-refractivity contribution in [3.05, 3.63) is 65.5 Å². The van der Waals surface area contributed by atoms with Gasteiger partial charge in [-0.3, -0.25) is 9.59 Å². The Balaban J connectivity index is 2.17. The summed E-state index contributed by atoms with van der Waals surface area (Å²) in [7, 11) is 0. The molecule has 0 saturated heterocycles. The van der Waals surface area contributed by atoms with Crippen molar-refractivity contribution >= 4 is 17.5 Å². The van der Waals surface area contributed by atoms with Crippen molar-refractivity contribution in [3.8, 4) is 0 Å². The van der Waals surface area contributed by atoms with Crippen molar-refractivity contribution in [2.45, 2.75) is 39.2 Å². The molecule has 2 amide bonds. The Kier molecular flexibility index (Phi) is 5.57. The lowest BCUT2D eigenvalue weighted by atomic mass is 9.83. The van der Waals surface area contributed by atoms with E-state index in [1.807, 2.05) is 25.1 Å². The molecule has 0 radical (unpaired) electrons. The van der Waals surface area contributed by atoms with E-state index in [-0.39, 0.29) is 17.9 Å². The lowest BCUT2D eigenvalue weighted by Gasteiger charge is -2.27. The molecule has 0 bridgehead atoms. The van der Waals surface area contributed by atoms with E-state index in [0.29, 0.717) is 11.3 Å². The van der Waals surface area contributed by atoms with Gasteiger partial charge in [0.15, 0.2) is 0 Å². The average Bonchev–Trinajstić information content (AvgIpc) is 2.54. The Morgan fingerprint density at radius 3 is 2.40 bits per heavy atom. The van der Waals surface area contributed by atoms with Crippen molar-refractivity contribution in [2.24, 2.45) is 0 Å². The minimum atomic E-state index is -1.01. The van der Waals surface area contributed by atoms with Crippen LogP contribution in [0, 0.1) is 5.82 Å². The van der Waals surface area contributed by atoms with Gasteiger partial charge < -0.3 is 10.6 Å². The van der Waals surface area contributed by atoms with E-state index in [1.54, 1.807) is 38.1 Å². The van der Waals surface area contributed by atoms with Gasteiger partial charge in [-0.2, -0.15) is 0 Å². The highest BCUT2D eigenvalue weighted by atomic mass is 19.1. The molecule has 0 aliphatic heterocycles. The number of rotatable bonds is 5. The molecule has 0 aliphatic carbocycles. The van der Waals surface area contributed by atoms with Gasteiger partial charge in [-0.05, 0) is 44.5 Å². The maximum absolute atomic E-state index is 14.1. The fraction of sp³-hybridized carbons (Fsp3) is 0.300. The summed E-state index contributed by atoms with van der Waals surface area (Å²) in [5.74, 6) is -0.826. The molecule has 5 heteroatoms. The summed E-state index contributed by atoms with van der Waals surface area (Å²) in [4.78, 5) is 23.9. The highest BCUT2D eigenvalue weighted by Gasteiger charge is 2.33. The summed E-state index contributed by atoms with van der Waals surface area (Å²) in [6, 6.07) is 13.3. The van der Waals surface area contributed by atoms with Crippen LogP contribution >= 0.6 is 0 Å². The SMILES string of the molecule is CC(=O)Nc1cccc([C@@H](C)NC(=O)C(C)(C)c2ccccc2F)c1. The number of benzene rings is 2. The highest BCUT2D eigenvalue weighted by Crippen LogP contribution is 2.27. The molecule has 0 aromatic heterocycles. The number of anilines is 1. The Hall–Kier alpha value is -2.69. The van der Waals surface area contributed by atoms with Crippen molar-refractivity contribution in [3.63, 3.8) is 0 Å². The molecule has 2 N–H and O–H groups in total. The van der Waals surface area contributed by atoms with Crippen molar-refractivity contribution in [1.82, 2.24) is 5.32 Å². The molecular weight excluding hydrogens is 319 g/mol. The highest BCUT2D eigenvalue weighted by molar-refractivity contribution is 5.89. The molecular formula is C20H23FN2O2. The van der Waals surface area contributed by atoms with Gasteiger partial charge in [-0.25, -0.2) is 4.39 Å². The number of carbonyl (C=O) groups excluding carboxylic acids is 2. The van der Waals surface area contributed by atoms with E-state index in [0.717, 1.165) is 5.56 Å². The topological polar surface area (TPSA) is 58.2 Å². The molecule has 4 nitrogen and oxygen atoms in total. The molecule has 0 spiro atoms. The summed E-state index contributed by atoms with van der Waals surface area (Å²) in [5.41, 5.74) is 0.865. The van der Waals surface area contributed by atoms with Gasteiger partial charge in [-0.1, -0.05) is 30.3 Å². The third-order valence-corrected chi connectivity index (χ3v) is 4.17. The van der Waals surface area contributed by atoms with Crippen molar-refractivity contribution in [2.75, 3.05) is 5.32 Å². The number of nitrogens with one attached hydrogen (secondary N) is 2. The molecule has 132 valence electrons. The van der Waals surface area contributed by atoms with Crippen LogP contribution < -0.4 is 10.6 Å². The van der Waals surface area contributed by atoms with Gasteiger partial charge in [0.2, 0.25) is 11.8 Å². The Bertz CT molecular complexity index is 787. The second kappa shape index (κ2) is 7.47. The zero-order valence-corrected chi connectivity index (χ0v) is 14.9. The Morgan fingerprint density at radius 2 is 1.76 bits per heavy atom. The predicted octanol–water partition coefficient (Wildman–Crippen LogP) is 3.94. The average molecular weight is 342 g/mol. The molecule has 2 aromatic carbocycles. The zero-order valence-electron chi connectivity index (χ0n) is 14.9. The van der Waals surface area contributed by atoms with Crippen molar-refractivity contribution < 1.29 is 14.0 Å². The smallest absolute Gasteiger partial charge is 0.230 e. The standard InChI is InChI=1S/C20H23FN2O2/c1-13(15-8-7-9-16(12-15)23-14(2)24)22-19(25)20(3,4)17-10-5-6-11-18(17)21/h5-13H,1-4H3,(H,22,25)(H,23,24)/t13-/m1/s1. The van der Waals surface area contributed by atoms with E-state index in [4.69, 9.17) is 0 Å². The molecule has 1 atom stereocenters. The lowest BCUT2D eigenvalue weighted by Crippen LogP contribution is -2.41. The first kappa shape index (κ1) is 18.6. The number of hydrogen-bond donors (Lipinski definition) is 2.